The van der Waals surface area contributed by atoms with Crippen LogP contribution in [0.25, 0.3) is 0 Å². The summed E-state index contributed by atoms with van der Waals surface area (Å²) in [5.74, 6) is -1.13. The molecule has 1 aromatic rings. The van der Waals surface area contributed by atoms with Crippen LogP contribution in [-0.4, -0.2) is 45.0 Å². The minimum atomic E-state index is -0.905. The van der Waals surface area contributed by atoms with Gasteiger partial charge in [0.05, 0.1) is 21.3 Å². The molecule has 1 aromatic carbocycles. The topological polar surface area (TPSA) is 91.3 Å². The highest BCUT2D eigenvalue weighted by Gasteiger charge is 2.20. The van der Waals surface area contributed by atoms with Crippen molar-refractivity contribution < 1.29 is 33.6 Å². The highest BCUT2D eigenvalue weighted by Crippen LogP contribution is 2.35. The number of ether oxygens (including phenoxy) is 4. The van der Waals surface area contributed by atoms with Crippen molar-refractivity contribution in [1.29, 1.82) is 0 Å². The number of carbonyl (C=O) groups is 2. The summed E-state index contributed by atoms with van der Waals surface area (Å²) in [6.07, 6.45) is 0. The average Bonchev–Trinajstić information content (AvgIpc) is 2.45. The molecule has 0 saturated heterocycles. The third-order valence-electron chi connectivity index (χ3n) is 2.24. The first-order chi connectivity index (χ1) is 9.07. The summed E-state index contributed by atoms with van der Waals surface area (Å²) in [4.78, 5) is 22.7. The smallest absolute Gasteiger partial charge is 0.341 e. The molecule has 0 spiro atoms. The molecule has 7 heteroatoms. The molecule has 0 saturated carbocycles. The summed E-state index contributed by atoms with van der Waals surface area (Å²) in [6.45, 7) is -0.811. The third kappa shape index (κ3) is 3.35. The number of esters is 2. The van der Waals surface area contributed by atoms with E-state index in [1.807, 2.05) is 0 Å². The monoisotopic (exact) mass is 270 g/mol. The lowest BCUT2D eigenvalue weighted by Gasteiger charge is -2.13. The van der Waals surface area contributed by atoms with E-state index in [9.17, 15) is 9.59 Å². The second-order valence-corrected chi connectivity index (χ2v) is 3.33. The van der Waals surface area contributed by atoms with Gasteiger partial charge in [-0.05, 0) is 0 Å². The Morgan fingerprint density at radius 2 is 1.63 bits per heavy atom. The van der Waals surface area contributed by atoms with E-state index in [1.165, 1.54) is 33.5 Å². The maximum atomic E-state index is 11.6. The molecule has 0 aromatic heterocycles. The molecular weight excluding hydrogens is 256 g/mol. The first-order valence-corrected chi connectivity index (χ1v) is 5.23. The number of rotatable bonds is 5. The zero-order valence-corrected chi connectivity index (χ0v) is 10.8. The van der Waals surface area contributed by atoms with Gasteiger partial charge < -0.3 is 24.1 Å². The van der Waals surface area contributed by atoms with Crippen LogP contribution in [0.1, 0.15) is 10.4 Å². The van der Waals surface area contributed by atoms with Crippen molar-refractivity contribution in [3.63, 3.8) is 0 Å². The molecule has 19 heavy (non-hydrogen) atoms. The van der Waals surface area contributed by atoms with Crippen molar-refractivity contribution in [3.8, 4) is 17.2 Å². The number of hydrogen-bond acceptors (Lipinski definition) is 7. The first kappa shape index (κ1) is 14.8. The molecule has 0 radical (unpaired) electrons. The molecule has 0 unspecified atom stereocenters. The van der Waals surface area contributed by atoms with E-state index in [2.05, 4.69) is 4.74 Å². The van der Waals surface area contributed by atoms with Gasteiger partial charge in [-0.1, -0.05) is 0 Å². The molecule has 0 aliphatic rings. The van der Waals surface area contributed by atoms with Gasteiger partial charge in [-0.15, -0.1) is 0 Å². The van der Waals surface area contributed by atoms with Crippen molar-refractivity contribution in [2.45, 2.75) is 0 Å². The van der Waals surface area contributed by atoms with Gasteiger partial charge in [0.15, 0.2) is 11.5 Å². The zero-order valence-electron chi connectivity index (χ0n) is 10.8. The number of benzene rings is 1. The van der Waals surface area contributed by atoms with E-state index < -0.39 is 18.5 Å². The lowest BCUT2D eigenvalue weighted by Crippen LogP contribution is -2.15. The summed E-state index contributed by atoms with van der Waals surface area (Å²) in [5.41, 5.74) is -0.0121. The van der Waals surface area contributed by atoms with Crippen molar-refractivity contribution in [2.24, 2.45) is 0 Å². The fraction of sp³-hybridized carbons (Fsp3) is 0.333. The highest BCUT2D eigenvalue weighted by molar-refractivity contribution is 5.94. The quantitative estimate of drug-likeness (QED) is 0.611. The van der Waals surface area contributed by atoms with Gasteiger partial charge >= 0.3 is 11.9 Å². The Labute approximate surface area is 109 Å². The Balaban J connectivity index is 3.31. The highest BCUT2D eigenvalue weighted by atomic mass is 16.6. The Hall–Kier alpha value is -2.28. The van der Waals surface area contributed by atoms with Crippen molar-refractivity contribution in [2.75, 3.05) is 27.9 Å². The second kappa shape index (κ2) is 6.60. The third-order valence-corrected chi connectivity index (χ3v) is 2.24. The van der Waals surface area contributed by atoms with Crippen LogP contribution in [0.3, 0.4) is 0 Å². The molecular formula is C12H14O7. The second-order valence-electron chi connectivity index (χ2n) is 3.33. The largest absolute Gasteiger partial charge is 0.493 e. The number of aliphatic hydroxyl groups is 1. The standard InChI is InChI=1S/C12H14O7/c1-16-9-4-7(12(15)18-3)8(5-10(9)17-2)19-11(14)6-13/h4-5,13H,6H2,1-3H3. The number of methoxy groups -OCH3 is 3. The van der Waals surface area contributed by atoms with Gasteiger partial charge in [0.2, 0.25) is 0 Å². The Bertz CT molecular complexity index is 481. The summed E-state index contributed by atoms with van der Waals surface area (Å²) in [7, 11) is 3.99. The van der Waals surface area contributed by atoms with Gasteiger partial charge in [0, 0.05) is 12.1 Å². The van der Waals surface area contributed by atoms with Crippen LogP contribution in [0, 0.1) is 0 Å². The van der Waals surface area contributed by atoms with Crippen LogP contribution in [0.15, 0.2) is 12.1 Å². The maximum Gasteiger partial charge on any atom is 0.341 e. The van der Waals surface area contributed by atoms with Crippen LogP contribution in [-0.2, 0) is 9.53 Å². The van der Waals surface area contributed by atoms with E-state index in [1.54, 1.807) is 0 Å². The van der Waals surface area contributed by atoms with Gasteiger partial charge in [-0.25, -0.2) is 9.59 Å². The van der Waals surface area contributed by atoms with Crippen LogP contribution >= 0.6 is 0 Å². The van der Waals surface area contributed by atoms with Crippen molar-refractivity contribution in [3.05, 3.63) is 17.7 Å². The molecule has 0 bridgehead atoms. The number of aliphatic hydroxyl groups excluding tert-OH is 1. The molecule has 0 aliphatic heterocycles. The predicted molar refractivity (Wildman–Crippen MR) is 63.6 cm³/mol. The fourth-order valence-corrected chi connectivity index (χ4v) is 1.37. The Morgan fingerprint density at radius 3 is 2.11 bits per heavy atom. The summed E-state index contributed by atoms with van der Waals surface area (Å²) >= 11 is 0. The van der Waals surface area contributed by atoms with Crippen LogP contribution in [0.2, 0.25) is 0 Å². The number of hydrogen-bond donors (Lipinski definition) is 1. The van der Waals surface area contributed by atoms with Crippen LogP contribution in [0.4, 0.5) is 0 Å². The summed E-state index contributed by atoms with van der Waals surface area (Å²) in [5, 5.41) is 8.66. The molecule has 0 amide bonds. The molecule has 0 atom stereocenters. The van der Waals surface area contributed by atoms with E-state index in [0.29, 0.717) is 0 Å². The van der Waals surface area contributed by atoms with Gasteiger partial charge in [0.1, 0.15) is 17.9 Å². The zero-order chi connectivity index (χ0) is 14.4. The van der Waals surface area contributed by atoms with Gasteiger partial charge in [-0.2, -0.15) is 0 Å². The molecule has 1 rings (SSSR count). The van der Waals surface area contributed by atoms with Crippen molar-refractivity contribution >= 4 is 11.9 Å². The van der Waals surface area contributed by atoms with Gasteiger partial charge in [0.25, 0.3) is 0 Å². The predicted octanol–water partition coefficient (Wildman–Crippen LogP) is 0.388. The van der Waals surface area contributed by atoms with E-state index >= 15 is 0 Å². The molecule has 0 fully saturated rings. The fourth-order valence-electron chi connectivity index (χ4n) is 1.37. The van der Waals surface area contributed by atoms with E-state index in [4.69, 9.17) is 19.3 Å². The van der Waals surface area contributed by atoms with E-state index in [0.717, 1.165) is 0 Å². The van der Waals surface area contributed by atoms with Crippen LogP contribution < -0.4 is 14.2 Å². The minimum Gasteiger partial charge on any atom is -0.493 e. The SMILES string of the molecule is COC(=O)c1cc(OC)c(OC)cc1OC(=O)CO. The maximum absolute atomic E-state index is 11.6. The summed E-state index contributed by atoms with van der Waals surface area (Å²) < 4.78 is 19.5. The lowest BCUT2D eigenvalue weighted by molar-refractivity contribution is -0.137. The molecule has 7 nitrogen and oxygen atoms in total. The van der Waals surface area contributed by atoms with Crippen LogP contribution in [0.5, 0.6) is 17.2 Å². The average molecular weight is 270 g/mol. The first-order valence-electron chi connectivity index (χ1n) is 5.23. The molecule has 1 N–H and O–H groups in total. The Morgan fingerprint density at radius 1 is 1.05 bits per heavy atom. The normalized spacial score (nSPS) is 9.68. The lowest BCUT2D eigenvalue weighted by atomic mass is 10.1. The minimum absolute atomic E-state index is 0.0121. The molecule has 0 heterocycles. The van der Waals surface area contributed by atoms with Gasteiger partial charge in [-0.3, -0.25) is 0 Å². The molecule has 0 aliphatic carbocycles. The van der Waals surface area contributed by atoms with Crippen molar-refractivity contribution in [1.82, 2.24) is 0 Å². The Kier molecular flexibility index (Phi) is 5.13. The summed E-state index contributed by atoms with van der Waals surface area (Å²) in [6, 6.07) is 2.63. The molecule has 104 valence electrons. The number of carbonyl (C=O) groups excluding carboxylic acids is 2. The van der Waals surface area contributed by atoms with E-state index in [-0.39, 0.29) is 22.8 Å².